The highest BCUT2D eigenvalue weighted by atomic mass is 32.2. The lowest BCUT2D eigenvalue weighted by atomic mass is 9.85. The first-order valence-corrected chi connectivity index (χ1v) is 8.10. The van der Waals surface area contributed by atoms with Crippen molar-refractivity contribution in [3.63, 3.8) is 0 Å². The first-order valence-electron chi connectivity index (χ1n) is 6.55. The van der Waals surface area contributed by atoms with E-state index in [9.17, 15) is 13.2 Å². The van der Waals surface area contributed by atoms with Crippen molar-refractivity contribution in [1.82, 2.24) is 0 Å². The maximum atomic E-state index is 12.1. The lowest BCUT2D eigenvalue weighted by Gasteiger charge is -2.25. The minimum Gasteiger partial charge on any atom is -0.328 e. The van der Waals surface area contributed by atoms with Crippen molar-refractivity contribution < 1.29 is 13.2 Å². The van der Waals surface area contributed by atoms with Crippen molar-refractivity contribution in [2.45, 2.75) is 36.6 Å². The lowest BCUT2D eigenvalue weighted by Crippen LogP contribution is -2.34. The second-order valence-electron chi connectivity index (χ2n) is 5.18. The number of hydrogen-bond acceptors (Lipinski definition) is 4. The van der Waals surface area contributed by atoms with Crippen LogP contribution in [0.1, 0.15) is 25.7 Å². The number of rotatable bonds is 3. The number of sulfonamides is 1. The molecule has 0 bridgehead atoms. The Hall–Kier alpha value is -1.44. The Morgan fingerprint density at radius 2 is 1.85 bits per heavy atom. The van der Waals surface area contributed by atoms with Gasteiger partial charge in [0.15, 0.2) is 0 Å². The van der Waals surface area contributed by atoms with Crippen molar-refractivity contribution in [2.75, 3.05) is 5.32 Å². The summed E-state index contributed by atoms with van der Waals surface area (Å²) < 4.78 is 22.3. The predicted molar refractivity (Wildman–Crippen MR) is 76.4 cm³/mol. The summed E-state index contributed by atoms with van der Waals surface area (Å²) >= 11 is 0. The number of nitrogens with two attached hydrogens (primary N) is 2. The van der Waals surface area contributed by atoms with Gasteiger partial charge in [0.25, 0.3) is 0 Å². The van der Waals surface area contributed by atoms with Gasteiger partial charge < -0.3 is 11.1 Å². The number of nitrogens with one attached hydrogen (secondary N) is 1. The van der Waals surface area contributed by atoms with Crippen LogP contribution in [0.2, 0.25) is 0 Å². The molecule has 0 saturated heterocycles. The minimum absolute atomic E-state index is 0.0233. The standard InChI is InChI=1S/C13H19N3O3S/c14-10-3-1-2-9(8-10)13(17)16-11-4-6-12(7-5-11)20(15,18)19/h4-7,9-10H,1-3,8,14H2,(H,16,17)(H2,15,18,19). The van der Waals surface area contributed by atoms with E-state index in [4.69, 9.17) is 10.9 Å². The average molecular weight is 297 g/mol. The molecule has 1 amide bonds. The van der Waals surface area contributed by atoms with Crippen LogP contribution in [0.4, 0.5) is 5.69 Å². The summed E-state index contributed by atoms with van der Waals surface area (Å²) in [7, 11) is -3.71. The summed E-state index contributed by atoms with van der Waals surface area (Å²) in [5, 5.41) is 7.79. The minimum atomic E-state index is -3.71. The van der Waals surface area contributed by atoms with Crippen LogP contribution in [0.25, 0.3) is 0 Å². The number of hydrogen-bond donors (Lipinski definition) is 3. The van der Waals surface area contributed by atoms with E-state index in [0.29, 0.717) is 12.1 Å². The molecule has 5 N–H and O–H groups in total. The van der Waals surface area contributed by atoms with Crippen LogP contribution in [0, 0.1) is 5.92 Å². The second-order valence-corrected chi connectivity index (χ2v) is 6.74. The van der Waals surface area contributed by atoms with Gasteiger partial charge in [-0.05, 0) is 43.5 Å². The zero-order chi connectivity index (χ0) is 14.8. The summed E-state index contributed by atoms with van der Waals surface area (Å²) in [5.74, 6) is -0.139. The largest absolute Gasteiger partial charge is 0.328 e. The van der Waals surface area contributed by atoms with Gasteiger partial charge in [-0.1, -0.05) is 6.42 Å². The number of amides is 1. The van der Waals surface area contributed by atoms with Gasteiger partial charge >= 0.3 is 0 Å². The molecule has 0 heterocycles. The molecule has 6 nitrogen and oxygen atoms in total. The van der Waals surface area contributed by atoms with E-state index in [1.54, 1.807) is 0 Å². The molecule has 1 aromatic carbocycles. The fraction of sp³-hybridized carbons (Fsp3) is 0.462. The van der Waals surface area contributed by atoms with Crippen molar-refractivity contribution in [3.8, 4) is 0 Å². The Morgan fingerprint density at radius 1 is 1.20 bits per heavy atom. The maximum Gasteiger partial charge on any atom is 0.238 e. The third-order valence-electron chi connectivity index (χ3n) is 3.54. The van der Waals surface area contributed by atoms with Crippen LogP contribution in [0.15, 0.2) is 29.2 Å². The lowest BCUT2D eigenvalue weighted by molar-refractivity contribution is -0.120. The number of anilines is 1. The maximum absolute atomic E-state index is 12.1. The van der Waals surface area contributed by atoms with Gasteiger partial charge in [-0.15, -0.1) is 0 Å². The molecule has 1 aromatic rings. The fourth-order valence-corrected chi connectivity index (χ4v) is 2.95. The van der Waals surface area contributed by atoms with Gasteiger partial charge in [-0.3, -0.25) is 4.79 Å². The van der Waals surface area contributed by atoms with Crippen molar-refractivity contribution in [1.29, 1.82) is 0 Å². The van der Waals surface area contributed by atoms with Crippen LogP contribution >= 0.6 is 0 Å². The molecule has 1 aliphatic carbocycles. The molecule has 2 atom stereocenters. The van der Waals surface area contributed by atoms with E-state index >= 15 is 0 Å². The summed E-state index contributed by atoms with van der Waals surface area (Å²) in [4.78, 5) is 12.1. The van der Waals surface area contributed by atoms with E-state index in [1.807, 2.05) is 0 Å². The van der Waals surface area contributed by atoms with Gasteiger partial charge in [0.2, 0.25) is 15.9 Å². The number of carbonyl (C=O) groups excluding carboxylic acids is 1. The van der Waals surface area contributed by atoms with E-state index < -0.39 is 10.0 Å². The molecule has 2 unspecified atom stereocenters. The fourth-order valence-electron chi connectivity index (χ4n) is 2.44. The van der Waals surface area contributed by atoms with Crippen molar-refractivity contribution in [2.24, 2.45) is 16.8 Å². The third kappa shape index (κ3) is 3.78. The smallest absolute Gasteiger partial charge is 0.238 e. The Bertz CT molecular complexity index is 583. The molecule has 7 heteroatoms. The molecule has 0 aliphatic heterocycles. The molecule has 1 saturated carbocycles. The van der Waals surface area contributed by atoms with Crippen LogP contribution in [0.3, 0.4) is 0 Å². The van der Waals surface area contributed by atoms with Gasteiger partial charge in [0.1, 0.15) is 0 Å². The molecular formula is C13H19N3O3S. The summed E-state index contributed by atoms with van der Waals surface area (Å²) in [5.41, 5.74) is 6.42. The monoisotopic (exact) mass is 297 g/mol. The molecule has 1 fully saturated rings. The molecule has 2 rings (SSSR count). The third-order valence-corrected chi connectivity index (χ3v) is 4.47. The molecule has 0 spiro atoms. The first-order chi connectivity index (χ1) is 9.36. The molecular weight excluding hydrogens is 278 g/mol. The SMILES string of the molecule is NC1CCCC(C(=O)Nc2ccc(S(N)(=O)=O)cc2)C1. The van der Waals surface area contributed by atoms with Gasteiger partial charge in [-0.2, -0.15) is 0 Å². The quantitative estimate of drug-likeness (QED) is 0.765. The average Bonchev–Trinajstić information content (AvgIpc) is 2.38. The first kappa shape index (κ1) is 15.0. The van der Waals surface area contributed by atoms with E-state index in [1.165, 1.54) is 24.3 Å². The summed E-state index contributed by atoms with van der Waals surface area (Å²) in [6.45, 7) is 0. The van der Waals surface area contributed by atoms with E-state index in [2.05, 4.69) is 5.32 Å². The van der Waals surface area contributed by atoms with Crippen molar-refractivity contribution in [3.05, 3.63) is 24.3 Å². The molecule has 110 valence electrons. The molecule has 1 aliphatic rings. The van der Waals surface area contributed by atoms with E-state index in [-0.39, 0.29) is 22.8 Å². The number of carbonyl (C=O) groups is 1. The van der Waals surface area contributed by atoms with Crippen LogP contribution < -0.4 is 16.2 Å². The Balaban J connectivity index is 2.01. The normalized spacial score (nSPS) is 23.3. The van der Waals surface area contributed by atoms with Gasteiger partial charge in [-0.25, -0.2) is 13.6 Å². The second kappa shape index (κ2) is 5.90. The number of primary sulfonamides is 1. The molecule has 20 heavy (non-hydrogen) atoms. The van der Waals surface area contributed by atoms with Crippen LogP contribution in [0.5, 0.6) is 0 Å². The zero-order valence-electron chi connectivity index (χ0n) is 11.1. The van der Waals surface area contributed by atoms with E-state index in [0.717, 1.165) is 19.3 Å². The van der Waals surface area contributed by atoms with Gasteiger partial charge in [0.05, 0.1) is 4.90 Å². The highest BCUT2D eigenvalue weighted by molar-refractivity contribution is 7.89. The highest BCUT2D eigenvalue weighted by Crippen LogP contribution is 2.24. The topological polar surface area (TPSA) is 115 Å². The predicted octanol–water partition coefficient (Wildman–Crippen LogP) is 0.790. The summed E-state index contributed by atoms with van der Waals surface area (Å²) in [6, 6.07) is 5.89. The highest BCUT2D eigenvalue weighted by Gasteiger charge is 2.25. The van der Waals surface area contributed by atoms with Crippen molar-refractivity contribution >= 4 is 21.6 Å². The Morgan fingerprint density at radius 3 is 2.40 bits per heavy atom. The molecule has 0 radical (unpaired) electrons. The zero-order valence-corrected chi connectivity index (χ0v) is 11.9. The van der Waals surface area contributed by atoms with Crippen LogP contribution in [-0.4, -0.2) is 20.4 Å². The van der Waals surface area contributed by atoms with Gasteiger partial charge in [0, 0.05) is 17.6 Å². The van der Waals surface area contributed by atoms with Crippen LogP contribution in [-0.2, 0) is 14.8 Å². The molecule has 0 aromatic heterocycles. The number of benzene rings is 1. The Kier molecular flexibility index (Phi) is 4.42. The Labute approximate surface area is 118 Å². The summed E-state index contributed by atoms with van der Waals surface area (Å²) in [6.07, 6.45) is 3.46.